The van der Waals surface area contributed by atoms with Gasteiger partial charge in [-0.2, -0.15) is 0 Å². The maximum atomic E-state index is 12.3. The number of furan rings is 1. The summed E-state index contributed by atoms with van der Waals surface area (Å²) < 4.78 is 16.2. The van der Waals surface area contributed by atoms with Crippen LogP contribution in [0.3, 0.4) is 0 Å². The zero-order valence-electron chi connectivity index (χ0n) is 15.4. The van der Waals surface area contributed by atoms with E-state index in [4.69, 9.17) is 13.9 Å². The lowest BCUT2D eigenvalue weighted by atomic mass is 10.1. The monoisotopic (exact) mass is 364 g/mol. The van der Waals surface area contributed by atoms with Crippen molar-refractivity contribution in [3.8, 4) is 5.75 Å². The van der Waals surface area contributed by atoms with Crippen molar-refractivity contribution in [2.75, 3.05) is 0 Å². The third-order valence-electron chi connectivity index (χ3n) is 3.81. The largest absolute Gasteiger partial charge is 0.460 e. The lowest BCUT2D eigenvalue weighted by Crippen LogP contribution is -2.12. The van der Waals surface area contributed by atoms with E-state index in [0.717, 1.165) is 5.56 Å². The van der Waals surface area contributed by atoms with Gasteiger partial charge in [-0.1, -0.05) is 30.3 Å². The van der Waals surface area contributed by atoms with Crippen molar-refractivity contribution in [1.29, 1.82) is 0 Å². The van der Waals surface area contributed by atoms with E-state index in [9.17, 15) is 9.59 Å². The van der Waals surface area contributed by atoms with Crippen molar-refractivity contribution in [3.05, 3.63) is 71.5 Å². The lowest BCUT2D eigenvalue weighted by molar-refractivity contribution is -0.128. The van der Waals surface area contributed by atoms with E-state index in [2.05, 4.69) is 0 Å². The number of hydrogen-bond donors (Lipinski definition) is 0. The summed E-state index contributed by atoms with van der Waals surface area (Å²) in [5.41, 5.74) is 1.77. The summed E-state index contributed by atoms with van der Waals surface area (Å²) in [7, 11) is 0. The summed E-state index contributed by atoms with van der Waals surface area (Å²) in [4.78, 5) is 24.4. The molecule has 0 aliphatic carbocycles. The highest BCUT2D eigenvalue weighted by molar-refractivity contribution is 6.05. The second-order valence-corrected chi connectivity index (χ2v) is 6.31. The fourth-order valence-electron chi connectivity index (χ4n) is 2.67. The summed E-state index contributed by atoms with van der Waals surface area (Å²) in [6, 6.07) is 14.3. The fraction of sp³-hybridized carbons (Fsp3) is 0.182. The van der Waals surface area contributed by atoms with Crippen LogP contribution >= 0.6 is 0 Å². The second-order valence-electron chi connectivity index (χ2n) is 6.31. The van der Waals surface area contributed by atoms with E-state index >= 15 is 0 Å². The Hall–Kier alpha value is -3.34. The molecule has 3 aromatic rings. The molecule has 0 aliphatic rings. The van der Waals surface area contributed by atoms with Crippen LogP contribution in [0.1, 0.15) is 35.5 Å². The van der Waals surface area contributed by atoms with Crippen molar-refractivity contribution in [1.82, 2.24) is 0 Å². The van der Waals surface area contributed by atoms with Gasteiger partial charge < -0.3 is 13.9 Å². The smallest absolute Gasteiger partial charge is 0.342 e. The minimum absolute atomic E-state index is 0.244. The molecule has 1 heterocycles. The number of ether oxygens (including phenoxy) is 2. The highest BCUT2D eigenvalue weighted by Crippen LogP contribution is 2.30. The van der Waals surface area contributed by atoms with Crippen molar-refractivity contribution in [3.63, 3.8) is 0 Å². The molecular weight excluding hydrogens is 344 g/mol. The van der Waals surface area contributed by atoms with E-state index < -0.39 is 11.9 Å². The van der Waals surface area contributed by atoms with Crippen molar-refractivity contribution in [2.45, 2.75) is 26.9 Å². The molecule has 0 N–H and O–H groups in total. The lowest BCUT2D eigenvalue weighted by Gasteiger charge is -2.07. The number of benzene rings is 2. The Bertz CT molecular complexity index is 996. The second kappa shape index (κ2) is 7.91. The Kier molecular flexibility index (Phi) is 5.41. The zero-order valence-corrected chi connectivity index (χ0v) is 15.4. The molecule has 5 nitrogen and oxygen atoms in total. The summed E-state index contributed by atoms with van der Waals surface area (Å²) >= 11 is 0. The van der Waals surface area contributed by atoms with Gasteiger partial charge in [0.15, 0.2) is 0 Å². The SMILES string of the molecule is Cc1oc2ccc(OC(=O)/C=C/c3ccccc3)cc2c1C(=O)OC(C)C. The van der Waals surface area contributed by atoms with Crippen LogP contribution < -0.4 is 4.74 Å². The Labute approximate surface area is 157 Å². The highest BCUT2D eigenvalue weighted by Gasteiger charge is 2.21. The molecule has 1 aromatic heterocycles. The van der Waals surface area contributed by atoms with Gasteiger partial charge in [0.2, 0.25) is 0 Å². The minimum Gasteiger partial charge on any atom is -0.460 e. The van der Waals surface area contributed by atoms with Crippen LogP contribution in [-0.4, -0.2) is 18.0 Å². The number of carbonyl (C=O) groups is 2. The molecule has 0 saturated carbocycles. The molecule has 0 aliphatic heterocycles. The first-order valence-electron chi connectivity index (χ1n) is 8.63. The van der Waals surface area contributed by atoms with Crippen LogP contribution in [0.5, 0.6) is 5.75 Å². The number of fused-ring (bicyclic) bond motifs is 1. The molecule has 138 valence electrons. The Balaban J connectivity index is 1.82. The predicted molar refractivity (Wildman–Crippen MR) is 103 cm³/mol. The van der Waals surface area contributed by atoms with Gasteiger partial charge >= 0.3 is 11.9 Å². The molecule has 0 unspecified atom stereocenters. The molecule has 0 atom stereocenters. The van der Waals surface area contributed by atoms with E-state index in [1.807, 2.05) is 30.3 Å². The van der Waals surface area contributed by atoms with Crippen LogP contribution in [0.25, 0.3) is 17.0 Å². The number of aryl methyl sites for hydroxylation is 1. The quantitative estimate of drug-likeness (QED) is 0.365. The van der Waals surface area contributed by atoms with Crippen LogP contribution in [0, 0.1) is 6.92 Å². The fourth-order valence-corrected chi connectivity index (χ4v) is 2.67. The maximum absolute atomic E-state index is 12.3. The number of hydrogen-bond acceptors (Lipinski definition) is 5. The van der Waals surface area contributed by atoms with Crippen LogP contribution in [-0.2, 0) is 9.53 Å². The van der Waals surface area contributed by atoms with Gasteiger partial charge in [-0.15, -0.1) is 0 Å². The van der Waals surface area contributed by atoms with Gasteiger partial charge in [0.25, 0.3) is 0 Å². The first-order chi connectivity index (χ1) is 12.9. The minimum atomic E-state index is -0.510. The average molecular weight is 364 g/mol. The average Bonchev–Trinajstić information content (AvgIpc) is 2.95. The molecule has 27 heavy (non-hydrogen) atoms. The van der Waals surface area contributed by atoms with E-state index in [1.165, 1.54) is 6.08 Å². The van der Waals surface area contributed by atoms with Crippen LogP contribution in [0.15, 0.2) is 59.0 Å². The van der Waals surface area contributed by atoms with Crippen molar-refractivity contribution in [2.24, 2.45) is 0 Å². The number of rotatable bonds is 5. The Morgan fingerprint density at radius 1 is 1.07 bits per heavy atom. The molecule has 0 amide bonds. The summed E-state index contributed by atoms with van der Waals surface area (Å²) in [5.74, 6) is -0.189. The summed E-state index contributed by atoms with van der Waals surface area (Å²) in [6.07, 6.45) is 2.79. The summed E-state index contributed by atoms with van der Waals surface area (Å²) in [6.45, 7) is 5.26. The highest BCUT2D eigenvalue weighted by atomic mass is 16.5. The Morgan fingerprint density at radius 2 is 1.81 bits per heavy atom. The predicted octanol–water partition coefficient (Wildman–Crippen LogP) is 4.93. The van der Waals surface area contributed by atoms with Gasteiger partial charge in [-0.25, -0.2) is 9.59 Å². The maximum Gasteiger partial charge on any atom is 0.342 e. The molecule has 0 spiro atoms. The van der Waals surface area contributed by atoms with Gasteiger partial charge in [0.1, 0.15) is 22.7 Å². The summed E-state index contributed by atoms with van der Waals surface area (Å²) in [5, 5.41) is 0.551. The molecule has 5 heteroatoms. The van der Waals surface area contributed by atoms with Gasteiger partial charge in [-0.3, -0.25) is 0 Å². The van der Waals surface area contributed by atoms with Gasteiger partial charge in [0, 0.05) is 11.5 Å². The first-order valence-corrected chi connectivity index (χ1v) is 8.63. The van der Waals surface area contributed by atoms with E-state index in [-0.39, 0.29) is 6.10 Å². The third kappa shape index (κ3) is 4.44. The Morgan fingerprint density at radius 3 is 2.52 bits per heavy atom. The molecule has 3 rings (SSSR count). The van der Waals surface area contributed by atoms with Crippen LogP contribution in [0.4, 0.5) is 0 Å². The molecule has 0 fully saturated rings. The van der Waals surface area contributed by atoms with Gasteiger partial charge in [-0.05, 0) is 50.6 Å². The van der Waals surface area contributed by atoms with E-state index in [1.54, 1.807) is 45.0 Å². The molecule has 0 saturated heterocycles. The van der Waals surface area contributed by atoms with Crippen molar-refractivity contribution >= 4 is 29.0 Å². The normalized spacial score (nSPS) is 11.3. The molecule has 0 radical (unpaired) electrons. The first kappa shape index (κ1) is 18.5. The number of carbonyl (C=O) groups excluding carboxylic acids is 2. The zero-order chi connectivity index (χ0) is 19.4. The van der Waals surface area contributed by atoms with Crippen LogP contribution in [0.2, 0.25) is 0 Å². The third-order valence-corrected chi connectivity index (χ3v) is 3.81. The van der Waals surface area contributed by atoms with Crippen molar-refractivity contribution < 1.29 is 23.5 Å². The topological polar surface area (TPSA) is 65.7 Å². The van der Waals surface area contributed by atoms with Gasteiger partial charge in [0.05, 0.1) is 6.10 Å². The van der Waals surface area contributed by atoms with E-state index in [0.29, 0.717) is 28.0 Å². The molecular formula is C22H20O5. The molecule has 0 bridgehead atoms. The molecule has 2 aromatic carbocycles. The standard InChI is InChI=1S/C22H20O5/c1-14(2)25-22(24)21-15(3)26-19-11-10-17(13-18(19)21)27-20(23)12-9-16-7-5-4-6-8-16/h4-14H,1-3H3/b12-9+. The number of esters is 2.